The zero-order valence-electron chi connectivity index (χ0n) is 11.0. The van der Waals surface area contributed by atoms with Gasteiger partial charge in [0.05, 0.1) is 6.54 Å². The summed E-state index contributed by atoms with van der Waals surface area (Å²) in [4.78, 5) is 17.8. The number of likely N-dealkylation sites (tertiary alicyclic amines) is 1. The van der Waals surface area contributed by atoms with Crippen LogP contribution in [0.25, 0.3) is 0 Å². The molecule has 1 aliphatic rings. The molecule has 1 aromatic rings. The molecule has 6 heteroatoms. The highest BCUT2D eigenvalue weighted by Gasteiger charge is 2.22. The number of rotatable bonds is 4. The fraction of sp³-hybridized carbons (Fsp3) is 0.750. The van der Waals surface area contributed by atoms with Crippen molar-refractivity contribution in [2.75, 3.05) is 13.1 Å². The smallest absolute Gasteiger partial charge is 0.223 e. The topological polar surface area (TPSA) is 71.3 Å². The fourth-order valence-electron chi connectivity index (χ4n) is 2.25. The van der Waals surface area contributed by atoms with Crippen molar-refractivity contribution in [3.05, 3.63) is 11.7 Å². The van der Waals surface area contributed by atoms with Crippen LogP contribution in [0.5, 0.6) is 0 Å². The molecule has 2 heterocycles. The second kappa shape index (κ2) is 5.95. The number of hydrogen-bond donors (Lipinski definition) is 1. The molecule has 2 rings (SSSR count). The van der Waals surface area contributed by atoms with Gasteiger partial charge in [-0.05, 0) is 19.4 Å². The molecule has 0 radical (unpaired) electrons. The first-order valence-corrected chi connectivity index (χ1v) is 6.48. The third kappa shape index (κ3) is 3.53. The van der Waals surface area contributed by atoms with Crippen molar-refractivity contribution in [2.24, 2.45) is 0 Å². The SMILES string of the molecule is CCC(=O)N[C@H]1CCCN(Cc2noc(C)n2)C1. The normalized spacial score (nSPS) is 20.9. The summed E-state index contributed by atoms with van der Waals surface area (Å²) in [6, 6.07) is 0.249. The first-order valence-electron chi connectivity index (χ1n) is 6.48. The molecule has 1 fully saturated rings. The monoisotopic (exact) mass is 252 g/mol. The van der Waals surface area contributed by atoms with Crippen molar-refractivity contribution in [2.45, 2.75) is 45.7 Å². The third-order valence-corrected chi connectivity index (χ3v) is 3.13. The largest absolute Gasteiger partial charge is 0.352 e. The number of carbonyl (C=O) groups excluding carboxylic acids is 1. The zero-order chi connectivity index (χ0) is 13.0. The number of nitrogens with one attached hydrogen (secondary N) is 1. The van der Waals surface area contributed by atoms with Crippen molar-refractivity contribution in [1.29, 1.82) is 0 Å². The van der Waals surface area contributed by atoms with E-state index in [0.29, 0.717) is 18.9 Å². The summed E-state index contributed by atoms with van der Waals surface area (Å²) >= 11 is 0. The van der Waals surface area contributed by atoms with Crippen LogP contribution in [-0.2, 0) is 11.3 Å². The molecule has 1 saturated heterocycles. The highest BCUT2D eigenvalue weighted by atomic mass is 16.5. The second-order valence-corrected chi connectivity index (χ2v) is 4.72. The molecular formula is C12H20N4O2. The van der Waals surface area contributed by atoms with E-state index in [1.807, 2.05) is 6.92 Å². The van der Waals surface area contributed by atoms with Gasteiger partial charge in [-0.2, -0.15) is 4.98 Å². The molecule has 0 aromatic carbocycles. The molecule has 1 aliphatic heterocycles. The van der Waals surface area contributed by atoms with E-state index in [9.17, 15) is 4.79 Å². The van der Waals surface area contributed by atoms with Crippen LogP contribution >= 0.6 is 0 Å². The van der Waals surface area contributed by atoms with E-state index in [-0.39, 0.29) is 11.9 Å². The summed E-state index contributed by atoms with van der Waals surface area (Å²) in [5.74, 6) is 1.44. The standard InChI is InChI=1S/C12H20N4O2/c1-3-12(17)14-10-5-4-6-16(7-10)8-11-13-9(2)18-15-11/h10H,3-8H2,1-2H3,(H,14,17)/t10-/m0/s1. The average Bonchev–Trinajstić information content (AvgIpc) is 2.75. The number of piperidine rings is 1. The lowest BCUT2D eigenvalue weighted by Gasteiger charge is -2.32. The van der Waals surface area contributed by atoms with Crippen LogP contribution in [0.1, 0.15) is 37.9 Å². The van der Waals surface area contributed by atoms with Gasteiger partial charge in [0.25, 0.3) is 0 Å². The average molecular weight is 252 g/mol. The lowest BCUT2D eigenvalue weighted by molar-refractivity contribution is -0.121. The van der Waals surface area contributed by atoms with E-state index >= 15 is 0 Å². The zero-order valence-corrected chi connectivity index (χ0v) is 11.0. The Kier molecular flexibility index (Phi) is 4.30. The van der Waals surface area contributed by atoms with Crippen molar-refractivity contribution in [3.63, 3.8) is 0 Å². The highest BCUT2D eigenvalue weighted by Crippen LogP contribution is 2.12. The quantitative estimate of drug-likeness (QED) is 0.861. The summed E-state index contributed by atoms with van der Waals surface area (Å²) in [5, 5.41) is 6.94. The number of nitrogens with zero attached hydrogens (tertiary/aromatic N) is 3. The maximum atomic E-state index is 11.4. The van der Waals surface area contributed by atoms with Gasteiger partial charge < -0.3 is 9.84 Å². The lowest BCUT2D eigenvalue weighted by atomic mass is 10.1. The van der Waals surface area contributed by atoms with E-state index in [4.69, 9.17) is 4.52 Å². The molecule has 0 saturated carbocycles. The van der Waals surface area contributed by atoms with Crippen LogP contribution in [0.15, 0.2) is 4.52 Å². The summed E-state index contributed by atoms with van der Waals surface area (Å²) in [6.45, 7) is 6.23. The number of hydrogen-bond acceptors (Lipinski definition) is 5. The number of aryl methyl sites for hydroxylation is 1. The third-order valence-electron chi connectivity index (χ3n) is 3.13. The molecular weight excluding hydrogens is 232 g/mol. The Bertz CT molecular complexity index is 405. The second-order valence-electron chi connectivity index (χ2n) is 4.72. The molecule has 0 aliphatic carbocycles. The first kappa shape index (κ1) is 13.0. The van der Waals surface area contributed by atoms with Gasteiger partial charge in [0.1, 0.15) is 0 Å². The molecule has 0 spiro atoms. The Morgan fingerprint density at radius 3 is 3.11 bits per heavy atom. The van der Waals surface area contributed by atoms with Crippen LogP contribution in [0.2, 0.25) is 0 Å². The predicted molar refractivity (Wildman–Crippen MR) is 65.8 cm³/mol. The van der Waals surface area contributed by atoms with Gasteiger partial charge in [-0.3, -0.25) is 9.69 Å². The van der Waals surface area contributed by atoms with E-state index in [1.165, 1.54) is 0 Å². The molecule has 100 valence electrons. The van der Waals surface area contributed by atoms with E-state index in [0.717, 1.165) is 31.8 Å². The minimum atomic E-state index is 0.122. The molecule has 1 atom stereocenters. The maximum Gasteiger partial charge on any atom is 0.223 e. The van der Waals surface area contributed by atoms with Gasteiger partial charge >= 0.3 is 0 Å². The van der Waals surface area contributed by atoms with Crippen LogP contribution in [0.4, 0.5) is 0 Å². The molecule has 0 bridgehead atoms. The van der Waals surface area contributed by atoms with Gasteiger partial charge in [0.2, 0.25) is 11.8 Å². The summed E-state index contributed by atoms with van der Waals surface area (Å²) < 4.78 is 4.96. The van der Waals surface area contributed by atoms with Gasteiger partial charge in [0.15, 0.2) is 5.82 Å². The van der Waals surface area contributed by atoms with Crippen molar-refractivity contribution in [1.82, 2.24) is 20.4 Å². The van der Waals surface area contributed by atoms with Crippen molar-refractivity contribution < 1.29 is 9.32 Å². The summed E-state index contributed by atoms with van der Waals surface area (Å²) in [7, 11) is 0. The summed E-state index contributed by atoms with van der Waals surface area (Å²) in [5.41, 5.74) is 0. The molecule has 1 amide bonds. The first-order chi connectivity index (χ1) is 8.67. The minimum Gasteiger partial charge on any atom is -0.352 e. The maximum absolute atomic E-state index is 11.4. The molecule has 0 unspecified atom stereocenters. The Hall–Kier alpha value is -1.43. The lowest BCUT2D eigenvalue weighted by Crippen LogP contribution is -2.47. The Balaban J connectivity index is 1.84. The van der Waals surface area contributed by atoms with Crippen molar-refractivity contribution in [3.8, 4) is 0 Å². The van der Waals surface area contributed by atoms with Gasteiger partial charge in [-0.1, -0.05) is 12.1 Å². The van der Waals surface area contributed by atoms with E-state index < -0.39 is 0 Å². The summed E-state index contributed by atoms with van der Waals surface area (Å²) in [6.07, 6.45) is 2.68. The van der Waals surface area contributed by atoms with Crippen molar-refractivity contribution >= 4 is 5.91 Å². The highest BCUT2D eigenvalue weighted by molar-refractivity contribution is 5.75. The molecule has 1 N–H and O–H groups in total. The number of aromatic nitrogens is 2. The number of amides is 1. The van der Waals surface area contributed by atoms with Gasteiger partial charge in [-0.25, -0.2) is 0 Å². The minimum absolute atomic E-state index is 0.122. The van der Waals surface area contributed by atoms with Crippen LogP contribution in [0.3, 0.4) is 0 Å². The van der Waals surface area contributed by atoms with Crippen LogP contribution < -0.4 is 5.32 Å². The molecule has 6 nitrogen and oxygen atoms in total. The van der Waals surface area contributed by atoms with Gasteiger partial charge in [-0.15, -0.1) is 0 Å². The Morgan fingerprint density at radius 1 is 1.61 bits per heavy atom. The Labute approximate surface area is 107 Å². The molecule has 18 heavy (non-hydrogen) atoms. The molecule has 1 aromatic heterocycles. The van der Waals surface area contributed by atoms with Gasteiger partial charge in [0, 0.05) is 25.9 Å². The predicted octanol–water partition coefficient (Wildman–Crippen LogP) is 0.869. The van der Waals surface area contributed by atoms with Crippen LogP contribution in [0, 0.1) is 6.92 Å². The van der Waals surface area contributed by atoms with E-state index in [1.54, 1.807) is 6.92 Å². The van der Waals surface area contributed by atoms with Crippen LogP contribution in [-0.4, -0.2) is 40.1 Å². The number of carbonyl (C=O) groups is 1. The van der Waals surface area contributed by atoms with E-state index in [2.05, 4.69) is 20.4 Å². The Morgan fingerprint density at radius 2 is 2.44 bits per heavy atom. The fourth-order valence-corrected chi connectivity index (χ4v) is 2.25.